The first-order valence-corrected chi connectivity index (χ1v) is 10.8. The Kier molecular flexibility index (Phi) is 6.56. The van der Waals surface area contributed by atoms with E-state index < -0.39 is 11.8 Å². The molecule has 0 spiro atoms. The molecule has 166 valence electrons. The number of hydrogen-bond acceptors (Lipinski definition) is 4. The maximum Gasteiger partial charge on any atom is 0.279 e. The van der Waals surface area contributed by atoms with Gasteiger partial charge in [-0.2, -0.15) is 0 Å². The molecular formula is C26H22ClN3O3. The first-order chi connectivity index (χ1) is 15.9. The van der Waals surface area contributed by atoms with Gasteiger partial charge in [-0.3, -0.25) is 19.3 Å². The molecular weight excluding hydrogens is 438 g/mol. The van der Waals surface area contributed by atoms with E-state index in [0.29, 0.717) is 17.8 Å². The van der Waals surface area contributed by atoms with Crippen molar-refractivity contribution in [1.29, 1.82) is 0 Å². The summed E-state index contributed by atoms with van der Waals surface area (Å²) in [5.41, 5.74) is 2.78. The molecule has 3 amide bonds. The van der Waals surface area contributed by atoms with Gasteiger partial charge in [0.15, 0.2) is 0 Å². The van der Waals surface area contributed by atoms with E-state index in [1.807, 2.05) is 60.7 Å². The largest absolute Gasteiger partial charge is 0.350 e. The van der Waals surface area contributed by atoms with Crippen molar-refractivity contribution in [3.63, 3.8) is 0 Å². The Labute approximate surface area is 197 Å². The molecule has 0 radical (unpaired) electrons. The van der Waals surface area contributed by atoms with E-state index >= 15 is 0 Å². The van der Waals surface area contributed by atoms with Crippen molar-refractivity contribution in [2.24, 2.45) is 0 Å². The topological polar surface area (TPSA) is 69.7 Å². The number of hydrogen-bond donors (Lipinski definition) is 1. The molecule has 0 saturated heterocycles. The summed E-state index contributed by atoms with van der Waals surface area (Å²) in [6.45, 7) is 0.596. The highest BCUT2D eigenvalue weighted by Gasteiger charge is 2.37. The Balaban J connectivity index is 1.48. The SMILES string of the molecule is CN(Cc1ccccc1)C(=O)c1cccc(NC2=C(Cl)C(=O)N(Cc3ccccc3)C2=O)c1. The predicted molar refractivity (Wildman–Crippen MR) is 127 cm³/mol. The monoisotopic (exact) mass is 459 g/mol. The molecule has 33 heavy (non-hydrogen) atoms. The molecule has 0 atom stereocenters. The summed E-state index contributed by atoms with van der Waals surface area (Å²) in [6, 6.07) is 25.7. The molecule has 0 aromatic heterocycles. The van der Waals surface area contributed by atoms with Crippen molar-refractivity contribution in [3.8, 4) is 0 Å². The van der Waals surface area contributed by atoms with Crippen LogP contribution >= 0.6 is 11.6 Å². The summed E-state index contributed by atoms with van der Waals surface area (Å²) in [6.07, 6.45) is 0. The fourth-order valence-electron chi connectivity index (χ4n) is 3.59. The molecule has 3 aromatic rings. The summed E-state index contributed by atoms with van der Waals surface area (Å²) in [4.78, 5) is 41.1. The van der Waals surface area contributed by atoms with Crippen LogP contribution < -0.4 is 5.32 Å². The van der Waals surface area contributed by atoms with Crippen LogP contribution in [-0.2, 0) is 22.7 Å². The first kappa shape index (κ1) is 22.3. The van der Waals surface area contributed by atoms with Gasteiger partial charge in [0.1, 0.15) is 10.7 Å². The number of rotatable bonds is 7. The van der Waals surface area contributed by atoms with Crippen LogP contribution in [0, 0.1) is 0 Å². The van der Waals surface area contributed by atoms with Gasteiger partial charge in [0, 0.05) is 24.8 Å². The van der Waals surface area contributed by atoms with Gasteiger partial charge >= 0.3 is 0 Å². The fraction of sp³-hybridized carbons (Fsp3) is 0.115. The quantitative estimate of drug-likeness (QED) is 0.532. The van der Waals surface area contributed by atoms with E-state index in [0.717, 1.165) is 16.0 Å². The summed E-state index contributed by atoms with van der Waals surface area (Å²) in [5.74, 6) is -1.23. The van der Waals surface area contributed by atoms with Crippen LogP contribution in [0.4, 0.5) is 5.69 Å². The zero-order chi connectivity index (χ0) is 23.4. The lowest BCUT2D eigenvalue weighted by atomic mass is 10.1. The zero-order valence-corrected chi connectivity index (χ0v) is 18.8. The third kappa shape index (κ3) is 4.96. The number of carbonyl (C=O) groups excluding carboxylic acids is 3. The van der Waals surface area contributed by atoms with Gasteiger partial charge < -0.3 is 10.2 Å². The molecule has 6 nitrogen and oxygen atoms in total. The van der Waals surface area contributed by atoms with Gasteiger partial charge in [0.2, 0.25) is 0 Å². The van der Waals surface area contributed by atoms with E-state index in [9.17, 15) is 14.4 Å². The van der Waals surface area contributed by atoms with Crippen LogP contribution in [-0.4, -0.2) is 34.6 Å². The molecule has 1 aliphatic heterocycles. The second-order valence-electron chi connectivity index (χ2n) is 7.72. The molecule has 1 N–H and O–H groups in total. The van der Waals surface area contributed by atoms with Gasteiger partial charge in [-0.1, -0.05) is 78.3 Å². The molecule has 7 heteroatoms. The first-order valence-electron chi connectivity index (χ1n) is 10.4. The number of halogens is 1. The highest BCUT2D eigenvalue weighted by atomic mass is 35.5. The minimum Gasteiger partial charge on any atom is -0.350 e. The molecule has 0 fully saturated rings. The molecule has 1 aliphatic rings. The predicted octanol–water partition coefficient (Wildman–Crippen LogP) is 4.39. The third-order valence-electron chi connectivity index (χ3n) is 5.28. The van der Waals surface area contributed by atoms with E-state index in [-0.39, 0.29) is 23.2 Å². The molecule has 0 aliphatic carbocycles. The number of anilines is 1. The van der Waals surface area contributed by atoms with Crippen LogP contribution in [0.3, 0.4) is 0 Å². The average Bonchev–Trinajstić information content (AvgIpc) is 3.03. The van der Waals surface area contributed by atoms with Crippen molar-refractivity contribution in [2.45, 2.75) is 13.1 Å². The standard InChI is InChI=1S/C26H22ClN3O3/c1-29(16-18-9-4-2-5-10-18)24(31)20-13-8-14-21(15-20)28-23-22(27)25(32)30(26(23)33)17-19-11-6-3-7-12-19/h2-15,28H,16-17H2,1H3. The minimum absolute atomic E-state index is 0.000151. The van der Waals surface area contributed by atoms with Gasteiger partial charge in [-0.25, -0.2) is 0 Å². The minimum atomic E-state index is -0.553. The van der Waals surface area contributed by atoms with Crippen molar-refractivity contribution in [1.82, 2.24) is 9.80 Å². The van der Waals surface area contributed by atoms with Crippen LogP contribution in [0.25, 0.3) is 0 Å². The Morgan fingerprint density at radius 1 is 0.879 bits per heavy atom. The number of carbonyl (C=O) groups is 3. The number of nitrogens with zero attached hydrogens (tertiary/aromatic N) is 2. The summed E-state index contributed by atoms with van der Waals surface area (Å²) >= 11 is 6.21. The van der Waals surface area contributed by atoms with Gasteiger partial charge in [0.25, 0.3) is 17.7 Å². The number of imide groups is 1. The van der Waals surface area contributed by atoms with Crippen LogP contribution in [0.5, 0.6) is 0 Å². The van der Waals surface area contributed by atoms with Crippen molar-refractivity contribution < 1.29 is 14.4 Å². The van der Waals surface area contributed by atoms with E-state index in [1.54, 1.807) is 36.2 Å². The van der Waals surface area contributed by atoms with Crippen LogP contribution in [0.2, 0.25) is 0 Å². The summed E-state index contributed by atoms with van der Waals surface area (Å²) in [5, 5.41) is 2.76. The number of benzene rings is 3. The Hall–Kier alpha value is -3.90. The van der Waals surface area contributed by atoms with Crippen molar-refractivity contribution >= 4 is 35.0 Å². The van der Waals surface area contributed by atoms with Gasteiger partial charge in [0.05, 0.1) is 6.54 Å². The molecule has 0 bridgehead atoms. The Morgan fingerprint density at radius 3 is 2.18 bits per heavy atom. The highest BCUT2D eigenvalue weighted by Crippen LogP contribution is 2.27. The summed E-state index contributed by atoms with van der Waals surface area (Å²) < 4.78 is 0. The maximum atomic E-state index is 12.9. The maximum absolute atomic E-state index is 12.9. The number of nitrogens with one attached hydrogen (secondary N) is 1. The lowest BCUT2D eigenvalue weighted by molar-refractivity contribution is -0.138. The van der Waals surface area contributed by atoms with Gasteiger partial charge in [-0.05, 0) is 29.3 Å². The lowest BCUT2D eigenvalue weighted by Gasteiger charge is -2.18. The molecule has 0 saturated carbocycles. The Morgan fingerprint density at radius 2 is 1.52 bits per heavy atom. The van der Waals surface area contributed by atoms with E-state index in [4.69, 9.17) is 11.6 Å². The second kappa shape index (κ2) is 9.71. The zero-order valence-electron chi connectivity index (χ0n) is 18.0. The third-order valence-corrected chi connectivity index (χ3v) is 5.63. The second-order valence-corrected chi connectivity index (χ2v) is 8.10. The van der Waals surface area contributed by atoms with Gasteiger partial charge in [-0.15, -0.1) is 0 Å². The smallest absolute Gasteiger partial charge is 0.279 e. The van der Waals surface area contributed by atoms with E-state index in [2.05, 4.69) is 5.32 Å². The molecule has 4 rings (SSSR count). The normalized spacial score (nSPS) is 13.5. The summed E-state index contributed by atoms with van der Waals surface area (Å²) in [7, 11) is 1.73. The van der Waals surface area contributed by atoms with Crippen LogP contribution in [0.1, 0.15) is 21.5 Å². The number of amides is 3. The average molecular weight is 460 g/mol. The van der Waals surface area contributed by atoms with Crippen LogP contribution in [0.15, 0.2) is 95.7 Å². The fourth-order valence-corrected chi connectivity index (χ4v) is 3.82. The molecule has 1 heterocycles. The van der Waals surface area contributed by atoms with Crippen molar-refractivity contribution in [2.75, 3.05) is 12.4 Å². The lowest BCUT2D eigenvalue weighted by Crippen LogP contribution is -2.31. The Bertz CT molecular complexity index is 1230. The van der Waals surface area contributed by atoms with Crippen molar-refractivity contribution in [3.05, 3.63) is 112 Å². The molecule has 0 unspecified atom stereocenters. The highest BCUT2D eigenvalue weighted by molar-refractivity contribution is 6.48. The molecule has 3 aromatic carbocycles. The van der Waals surface area contributed by atoms with E-state index in [1.165, 1.54) is 0 Å².